The van der Waals surface area contributed by atoms with E-state index in [4.69, 9.17) is 11.6 Å². The number of nitrogens with zero attached hydrogens (tertiary/aromatic N) is 3. The third-order valence-electron chi connectivity index (χ3n) is 2.87. The molecule has 17 heavy (non-hydrogen) atoms. The fourth-order valence-electron chi connectivity index (χ4n) is 1.79. The average Bonchev–Trinajstić information content (AvgIpc) is 2.71. The minimum absolute atomic E-state index is 0.460. The molecule has 0 amide bonds. The lowest BCUT2D eigenvalue weighted by molar-refractivity contribution is 0.732. The van der Waals surface area contributed by atoms with Crippen molar-refractivity contribution >= 4 is 11.6 Å². The Morgan fingerprint density at radius 3 is 2.24 bits per heavy atom. The Labute approximate surface area is 106 Å². The van der Waals surface area contributed by atoms with Crippen molar-refractivity contribution in [2.45, 2.75) is 33.2 Å². The van der Waals surface area contributed by atoms with Crippen molar-refractivity contribution in [3.63, 3.8) is 0 Å². The third-order valence-corrected chi connectivity index (χ3v) is 3.15. The topological polar surface area (TPSA) is 30.7 Å². The molecule has 0 radical (unpaired) electrons. The monoisotopic (exact) mass is 249 g/mol. The number of hydrogen-bond donors (Lipinski definition) is 0. The van der Waals surface area contributed by atoms with E-state index >= 15 is 0 Å². The summed E-state index contributed by atoms with van der Waals surface area (Å²) in [6.45, 7) is 4.94. The van der Waals surface area contributed by atoms with Crippen LogP contribution in [0.2, 0.25) is 5.28 Å². The Bertz CT molecular complexity index is 488. The van der Waals surface area contributed by atoms with Gasteiger partial charge in [-0.3, -0.25) is 4.57 Å². The molecule has 2 aromatic rings. The van der Waals surface area contributed by atoms with E-state index in [0.29, 0.717) is 5.28 Å². The van der Waals surface area contributed by atoms with Crippen LogP contribution in [0.25, 0.3) is 0 Å². The third kappa shape index (κ3) is 2.67. The number of aromatic nitrogens is 3. The SMILES string of the molecule is CCc1ccc(Cn2c(Cl)nnc2CC)cc1. The van der Waals surface area contributed by atoms with Crippen molar-refractivity contribution in [1.82, 2.24) is 14.8 Å². The van der Waals surface area contributed by atoms with Crippen LogP contribution in [0, 0.1) is 0 Å². The van der Waals surface area contributed by atoms with Crippen molar-refractivity contribution in [2.75, 3.05) is 0 Å². The molecule has 2 rings (SSSR count). The van der Waals surface area contributed by atoms with Crippen LogP contribution in [0.1, 0.15) is 30.8 Å². The molecular weight excluding hydrogens is 234 g/mol. The van der Waals surface area contributed by atoms with Gasteiger partial charge in [0.05, 0.1) is 6.54 Å². The van der Waals surface area contributed by atoms with E-state index in [9.17, 15) is 0 Å². The summed E-state index contributed by atoms with van der Waals surface area (Å²) in [4.78, 5) is 0. The summed E-state index contributed by atoms with van der Waals surface area (Å²) in [6, 6.07) is 8.57. The molecule has 0 atom stereocenters. The first-order valence-electron chi connectivity index (χ1n) is 5.90. The molecule has 1 aromatic heterocycles. The van der Waals surface area contributed by atoms with Crippen LogP contribution in [0.3, 0.4) is 0 Å². The van der Waals surface area contributed by atoms with E-state index < -0.39 is 0 Å². The van der Waals surface area contributed by atoms with Gasteiger partial charge in [0.15, 0.2) is 0 Å². The van der Waals surface area contributed by atoms with Crippen LogP contribution < -0.4 is 0 Å². The highest BCUT2D eigenvalue weighted by molar-refractivity contribution is 6.28. The van der Waals surface area contributed by atoms with Gasteiger partial charge in [-0.1, -0.05) is 38.1 Å². The van der Waals surface area contributed by atoms with Crippen molar-refractivity contribution in [2.24, 2.45) is 0 Å². The second-order valence-corrected chi connectivity index (χ2v) is 4.33. The minimum atomic E-state index is 0.460. The second-order valence-electron chi connectivity index (χ2n) is 4.00. The lowest BCUT2D eigenvalue weighted by Crippen LogP contribution is -2.04. The summed E-state index contributed by atoms with van der Waals surface area (Å²) in [5.74, 6) is 0.926. The molecule has 0 aliphatic carbocycles. The van der Waals surface area contributed by atoms with Gasteiger partial charge < -0.3 is 0 Å². The summed E-state index contributed by atoms with van der Waals surface area (Å²) < 4.78 is 1.95. The summed E-state index contributed by atoms with van der Waals surface area (Å²) in [7, 11) is 0. The molecule has 4 heteroatoms. The van der Waals surface area contributed by atoms with Gasteiger partial charge >= 0.3 is 0 Å². The highest BCUT2D eigenvalue weighted by Gasteiger charge is 2.08. The molecule has 3 nitrogen and oxygen atoms in total. The summed E-state index contributed by atoms with van der Waals surface area (Å²) in [5, 5.41) is 8.40. The molecule has 0 spiro atoms. The summed E-state index contributed by atoms with van der Waals surface area (Å²) in [6.07, 6.45) is 1.90. The van der Waals surface area contributed by atoms with Crippen LogP contribution in [0.4, 0.5) is 0 Å². The Balaban J connectivity index is 2.21. The van der Waals surface area contributed by atoms with E-state index in [2.05, 4.69) is 48.3 Å². The quantitative estimate of drug-likeness (QED) is 0.834. The molecule has 0 unspecified atom stereocenters. The fraction of sp³-hybridized carbons (Fsp3) is 0.385. The van der Waals surface area contributed by atoms with Gasteiger partial charge in [-0.05, 0) is 29.1 Å². The molecule has 0 saturated carbocycles. The minimum Gasteiger partial charge on any atom is -0.297 e. The number of halogens is 1. The zero-order valence-corrected chi connectivity index (χ0v) is 10.9. The van der Waals surface area contributed by atoms with Crippen LogP contribution >= 0.6 is 11.6 Å². The maximum atomic E-state index is 6.02. The smallest absolute Gasteiger partial charge is 0.225 e. The summed E-state index contributed by atoms with van der Waals surface area (Å²) in [5.41, 5.74) is 2.57. The van der Waals surface area contributed by atoms with E-state index in [-0.39, 0.29) is 0 Å². The van der Waals surface area contributed by atoms with Crippen LogP contribution in [0.5, 0.6) is 0 Å². The zero-order valence-electron chi connectivity index (χ0n) is 10.2. The summed E-state index contributed by atoms with van der Waals surface area (Å²) >= 11 is 6.02. The maximum Gasteiger partial charge on any atom is 0.225 e. The van der Waals surface area contributed by atoms with Gasteiger partial charge in [0, 0.05) is 6.42 Å². The van der Waals surface area contributed by atoms with Crippen LogP contribution in [-0.4, -0.2) is 14.8 Å². The highest BCUT2D eigenvalue weighted by atomic mass is 35.5. The van der Waals surface area contributed by atoms with E-state index in [1.54, 1.807) is 0 Å². The lowest BCUT2D eigenvalue weighted by Gasteiger charge is -2.07. The van der Waals surface area contributed by atoms with Crippen molar-refractivity contribution < 1.29 is 0 Å². The molecule has 1 aromatic carbocycles. The predicted molar refractivity (Wildman–Crippen MR) is 69.3 cm³/mol. The Morgan fingerprint density at radius 1 is 1.00 bits per heavy atom. The van der Waals surface area contributed by atoms with Gasteiger partial charge in [-0.2, -0.15) is 0 Å². The predicted octanol–water partition coefficient (Wildman–Crippen LogP) is 3.10. The number of rotatable bonds is 4. The molecule has 1 heterocycles. The molecule has 90 valence electrons. The average molecular weight is 250 g/mol. The second kappa shape index (κ2) is 5.32. The van der Waals surface area contributed by atoms with E-state index in [1.807, 2.05) is 4.57 Å². The molecule has 0 aliphatic heterocycles. The van der Waals surface area contributed by atoms with Crippen LogP contribution in [-0.2, 0) is 19.4 Å². The van der Waals surface area contributed by atoms with Crippen LogP contribution in [0.15, 0.2) is 24.3 Å². The maximum absolute atomic E-state index is 6.02. The Kier molecular flexibility index (Phi) is 3.79. The van der Waals surface area contributed by atoms with E-state index in [0.717, 1.165) is 25.2 Å². The number of benzene rings is 1. The molecule has 0 fully saturated rings. The lowest BCUT2D eigenvalue weighted by atomic mass is 10.1. The Hall–Kier alpha value is -1.35. The van der Waals surface area contributed by atoms with Gasteiger partial charge in [0.25, 0.3) is 0 Å². The van der Waals surface area contributed by atoms with Crippen molar-refractivity contribution in [1.29, 1.82) is 0 Å². The van der Waals surface area contributed by atoms with Gasteiger partial charge in [-0.25, -0.2) is 0 Å². The zero-order chi connectivity index (χ0) is 12.3. The normalized spacial score (nSPS) is 10.8. The van der Waals surface area contributed by atoms with Gasteiger partial charge in [0.1, 0.15) is 5.82 Å². The molecule has 0 N–H and O–H groups in total. The van der Waals surface area contributed by atoms with Gasteiger partial charge in [0.2, 0.25) is 5.28 Å². The molecule has 0 aliphatic rings. The first kappa shape index (κ1) is 12.1. The Morgan fingerprint density at radius 2 is 1.65 bits per heavy atom. The van der Waals surface area contributed by atoms with Crippen molar-refractivity contribution in [3.05, 3.63) is 46.5 Å². The molecule has 0 saturated heterocycles. The highest BCUT2D eigenvalue weighted by Crippen LogP contribution is 2.13. The first-order valence-corrected chi connectivity index (χ1v) is 6.27. The van der Waals surface area contributed by atoms with Gasteiger partial charge in [-0.15, -0.1) is 10.2 Å². The van der Waals surface area contributed by atoms with E-state index in [1.165, 1.54) is 11.1 Å². The largest absolute Gasteiger partial charge is 0.297 e. The standard InChI is InChI=1S/C13H16ClN3/c1-3-10-5-7-11(8-6-10)9-17-12(4-2)15-16-13(17)14/h5-8H,3-4,9H2,1-2H3. The molecule has 0 bridgehead atoms. The molecular formula is C13H16ClN3. The number of aryl methyl sites for hydroxylation is 2. The first-order chi connectivity index (χ1) is 8.24. The fourth-order valence-corrected chi connectivity index (χ4v) is 1.99. The van der Waals surface area contributed by atoms with Crippen molar-refractivity contribution in [3.8, 4) is 0 Å². The number of hydrogen-bond acceptors (Lipinski definition) is 2.